The van der Waals surface area contributed by atoms with E-state index in [9.17, 15) is 22.2 Å². The summed E-state index contributed by atoms with van der Waals surface area (Å²) in [7, 11) is -1.61. The lowest BCUT2D eigenvalue weighted by molar-refractivity contribution is -0.0102. The Hall–Kier alpha value is -3.41. The maximum absolute atomic E-state index is 14.1. The minimum absolute atomic E-state index is 0.0311. The number of alkyl halides is 2. The lowest BCUT2D eigenvalue weighted by Crippen LogP contribution is -2.30. The van der Waals surface area contributed by atoms with Gasteiger partial charge in [0.25, 0.3) is 5.91 Å². The standard InChI is InChI=1S/C24H27F3N6O2S/c1-15-18(16-12-30-32(2)14-16)13-29-22(33-9-4-7-24(26,27)8-10-33)21(15)23(34)31-17-5-6-19(25)20(11-17)36(3,28)35/h5-6,11-14,28H,4,7-10H2,1-3H3,(H,31,34)/t36-/m1/s1. The van der Waals surface area contributed by atoms with Crippen LogP contribution < -0.4 is 10.2 Å². The zero-order chi connectivity index (χ0) is 26.3. The molecule has 4 rings (SSSR count). The molecule has 8 nitrogen and oxygen atoms in total. The highest BCUT2D eigenvalue weighted by Crippen LogP contribution is 2.34. The van der Waals surface area contributed by atoms with Crippen molar-refractivity contribution in [3.63, 3.8) is 0 Å². The van der Waals surface area contributed by atoms with Gasteiger partial charge in [-0.15, -0.1) is 0 Å². The van der Waals surface area contributed by atoms with Crippen molar-refractivity contribution in [2.45, 2.75) is 37.0 Å². The van der Waals surface area contributed by atoms with Gasteiger partial charge in [-0.25, -0.2) is 27.1 Å². The van der Waals surface area contributed by atoms with Crippen molar-refractivity contribution < 1.29 is 22.2 Å². The van der Waals surface area contributed by atoms with Crippen LogP contribution in [-0.2, 0) is 16.8 Å². The van der Waals surface area contributed by atoms with Gasteiger partial charge in [0.1, 0.15) is 11.6 Å². The van der Waals surface area contributed by atoms with Crippen molar-refractivity contribution in [3.8, 4) is 11.1 Å². The van der Waals surface area contributed by atoms with Crippen LogP contribution >= 0.6 is 0 Å². The van der Waals surface area contributed by atoms with Gasteiger partial charge in [-0.3, -0.25) is 9.48 Å². The van der Waals surface area contributed by atoms with E-state index in [0.29, 0.717) is 17.7 Å². The predicted molar refractivity (Wildman–Crippen MR) is 132 cm³/mol. The van der Waals surface area contributed by atoms with Crippen molar-refractivity contribution in [1.82, 2.24) is 14.8 Å². The van der Waals surface area contributed by atoms with Crippen molar-refractivity contribution in [3.05, 3.63) is 53.7 Å². The van der Waals surface area contributed by atoms with Crippen molar-refractivity contribution in [2.24, 2.45) is 7.05 Å². The summed E-state index contributed by atoms with van der Waals surface area (Å²) in [6, 6.07) is 3.52. The molecule has 1 atom stereocenters. The van der Waals surface area contributed by atoms with Crippen LogP contribution in [0.15, 0.2) is 41.7 Å². The van der Waals surface area contributed by atoms with E-state index in [1.54, 1.807) is 42.1 Å². The summed E-state index contributed by atoms with van der Waals surface area (Å²) in [5.74, 6) is -3.90. The van der Waals surface area contributed by atoms with Crippen molar-refractivity contribution in [1.29, 1.82) is 4.78 Å². The van der Waals surface area contributed by atoms with Crippen LogP contribution in [0.3, 0.4) is 0 Å². The zero-order valence-corrected chi connectivity index (χ0v) is 21.0. The van der Waals surface area contributed by atoms with Crippen LogP contribution in [0, 0.1) is 17.5 Å². The molecule has 0 bridgehead atoms. The number of rotatable bonds is 5. The first-order chi connectivity index (χ1) is 16.9. The molecule has 1 aliphatic heterocycles. The summed E-state index contributed by atoms with van der Waals surface area (Å²) in [6.07, 6.45) is 5.76. The topological polar surface area (TPSA) is 104 Å². The van der Waals surface area contributed by atoms with Gasteiger partial charge in [0.15, 0.2) is 0 Å². The highest BCUT2D eigenvalue weighted by atomic mass is 32.2. The third-order valence-corrected chi connectivity index (χ3v) is 7.34. The van der Waals surface area contributed by atoms with Gasteiger partial charge in [-0.2, -0.15) is 5.10 Å². The van der Waals surface area contributed by atoms with Gasteiger partial charge in [-0.05, 0) is 37.1 Å². The summed E-state index contributed by atoms with van der Waals surface area (Å²) in [4.78, 5) is 19.5. The molecule has 1 aromatic carbocycles. The van der Waals surface area contributed by atoms with E-state index in [4.69, 9.17) is 4.78 Å². The maximum atomic E-state index is 14.1. The SMILES string of the molecule is Cc1c(-c2cnn(C)c2)cnc(N2CCCC(F)(F)CC2)c1C(=O)Nc1ccc(F)c([S@](C)(=N)=O)c1. The molecule has 0 saturated carbocycles. The molecule has 0 radical (unpaired) electrons. The van der Waals surface area contributed by atoms with E-state index in [2.05, 4.69) is 15.4 Å². The molecule has 192 valence electrons. The zero-order valence-electron chi connectivity index (χ0n) is 20.1. The summed E-state index contributed by atoms with van der Waals surface area (Å²) in [5, 5.41) is 6.86. The minimum Gasteiger partial charge on any atom is -0.356 e. The summed E-state index contributed by atoms with van der Waals surface area (Å²) in [6.45, 7) is 2.09. The van der Waals surface area contributed by atoms with Crippen LogP contribution in [0.25, 0.3) is 11.1 Å². The number of carbonyl (C=O) groups is 1. The molecule has 3 aromatic rings. The summed E-state index contributed by atoms with van der Waals surface area (Å²) in [5.41, 5.74) is 2.30. The number of anilines is 2. The molecule has 36 heavy (non-hydrogen) atoms. The molecular weight excluding hydrogens is 493 g/mol. The van der Waals surface area contributed by atoms with E-state index < -0.39 is 27.4 Å². The number of benzene rings is 1. The molecule has 1 amide bonds. The minimum atomic E-state index is -3.37. The number of amides is 1. The normalized spacial score (nSPS) is 17.3. The number of aryl methyl sites for hydroxylation is 1. The molecular formula is C24H27F3N6O2S. The molecule has 2 N–H and O–H groups in total. The van der Waals surface area contributed by atoms with E-state index in [1.807, 2.05) is 0 Å². The van der Waals surface area contributed by atoms with Crippen LogP contribution in [0.4, 0.5) is 24.7 Å². The maximum Gasteiger partial charge on any atom is 0.259 e. The van der Waals surface area contributed by atoms with Crippen LogP contribution in [0.2, 0.25) is 0 Å². The van der Waals surface area contributed by atoms with E-state index >= 15 is 0 Å². The predicted octanol–water partition coefficient (Wildman–Crippen LogP) is 4.84. The van der Waals surface area contributed by atoms with E-state index in [-0.39, 0.29) is 47.8 Å². The van der Waals surface area contributed by atoms with Crippen molar-refractivity contribution in [2.75, 3.05) is 29.6 Å². The monoisotopic (exact) mass is 520 g/mol. The van der Waals surface area contributed by atoms with E-state index in [1.165, 1.54) is 12.1 Å². The number of pyridine rings is 1. The molecule has 0 unspecified atom stereocenters. The van der Waals surface area contributed by atoms with Gasteiger partial charge in [0.05, 0.1) is 26.4 Å². The summed E-state index contributed by atoms with van der Waals surface area (Å²) >= 11 is 0. The fraction of sp³-hybridized carbons (Fsp3) is 0.375. The molecule has 1 saturated heterocycles. The first kappa shape index (κ1) is 25.7. The third kappa shape index (κ3) is 5.38. The fourth-order valence-corrected chi connectivity index (χ4v) is 5.09. The Bertz CT molecular complexity index is 1420. The molecule has 1 aliphatic rings. The number of nitrogens with one attached hydrogen (secondary N) is 2. The lowest BCUT2D eigenvalue weighted by Gasteiger charge is -2.26. The van der Waals surface area contributed by atoms with Gasteiger partial charge in [0, 0.05) is 68.4 Å². The van der Waals surface area contributed by atoms with E-state index in [0.717, 1.165) is 17.9 Å². The molecule has 0 aliphatic carbocycles. The Kier molecular flexibility index (Phi) is 6.82. The highest BCUT2D eigenvalue weighted by molar-refractivity contribution is 7.91. The Morgan fingerprint density at radius 3 is 2.64 bits per heavy atom. The van der Waals surface area contributed by atoms with Crippen LogP contribution in [0.1, 0.15) is 35.2 Å². The first-order valence-corrected chi connectivity index (χ1v) is 13.3. The molecule has 2 aromatic heterocycles. The second-order valence-corrected chi connectivity index (χ2v) is 11.2. The molecule has 1 fully saturated rings. The van der Waals surface area contributed by atoms with Gasteiger partial charge in [0.2, 0.25) is 5.92 Å². The molecule has 0 spiro atoms. The Balaban J connectivity index is 1.78. The quantitative estimate of drug-likeness (QED) is 0.501. The number of carbonyl (C=O) groups excluding carboxylic acids is 1. The third-order valence-electron chi connectivity index (χ3n) is 6.19. The Labute approximate surface area is 207 Å². The lowest BCUT2D eigenvalue weighted by atomic mass is 9.99. The summed E-state index contributed by atoms with van der Waals surface area (Å²) < 4.78 is 63.7. The number of hydrogen-bond donors (Lipinski definition) is 2. The Morgan fingerprint density at radius 2 is 1.97 bits per heavy atom. The number of aromatic nitrogens is 3. The fourth-order valence-electron chi connectivity index (χ4n) is 4.30. The second kappa shape index (κ2) is 9.57. The second-order valence-electron chi connectivity index (χ2n) is 9.04. The molecule has 12 heteroatoms. The molecule has 3 heterocycles. The average molecular weight is 521 g/mol. The Morgan fingerprint density at radius 1 is 1.22 bits per heavy atom. The van der Waals surface area contributed by atoms with Crippen LogP contribution in [-0.4, -0.2) is 50.1 Å². The van der Waals surface area contributed by atoms with Crippen molar-refractivity contribution >= 4 is 27.1 Å². The number of halogens is 3. The largest absolute Gasteiger partial charge is 0.356 e. The number of hydrogen-bond acceptors (Lipinski definition) is 6. The van der Waals surface area contributed by atoms with Gasteiger partial charge in [-0.1, -0.05) is 0 Å². The van der Waals surface area contributed by atoms with Gasteiger partial charge >= 0.3 is 0 Å². The number of nitrogens with zero attached hydrogens (tertiary/aromatic N) is 4. The first-order valence-electron chi connectivity index (χ1n) is 11.3. The average Bonchev–Trinajstić information content (AvgIpc) is 3.13. The smallest absolute Gasteiger partial charge is 0.259 e. The van der Waals surface area contributed by atoms with Gasteiger partial charge < -0.3 is 10.2 Å². The highest BCUT2D eigenvalue weighted by Gasteiger charge is 2.33. The van der Waals surface area contributed by atoms with Crippen LogP contribution in [0.5, 0.6) is 0 Å².